The highest BCUT2D eigenvalue weighted by atomic mass is 32.2. The van der Waals surface area contributed by atoms with Crippen LogP contribution in [0.5, 0.6) is 0 Å². The van der Waals surface area contributed by atoms with Crippen LogP contribution in [0.1, 0.15) is 18.4 Å². The maximum Gasteiger partial charge on any atom is 0.240 e. The monoisotopic (exact) mass is 330 g/mol. The first kappa shape index (κ1) is 14.8. The van der Waals surface area contributed by atoms with Crippen molar-refractivity contribution >= 4 is 25.5 Å². The molecule has 6 nitrogen and oxygen atoms in total. The zero-order chi connectivity index (χ0) is 15.1. The summed E-state index contributed by atoms with van der Waals surface area (Å²) in [5.41, 5.74) is 1.95. The van der Waals surface area contributed by atoms with E-state index in [0.29, 0.717) is 12.8 Å². The van der Waals surface area contributed by atoms with Crippen molar-refractivity contribution in [3.63, 3.8) is 0 Å². The molecule has 116 valence electrons. The van der Waals surface area contributed by atoms with E-state index < -0.39 is 25.9 Å². The Hall–Kier alpha value is -1.12. The zero-order valence-corrected chi connectivity index (χ0v) is 13.1. The summed E-state index contributed by atoms with van der Waals surface area (Å²) in [6, 6.07) is 4.44. The van der Waals surface area contributed by atoms with Crippen LogP contribution in [0.4, 0.5) is 5.69 Å². The van der Waals surface area contributed by atoms with E-state index in [0.717, 1.165) is 24.2 Å². The van der Waals surface area contributed by atoms with Gasteiger partial charge in [-0.1, -0.05) is 0 Å². The van der Waals surface area contributed by atoms with Crippen LogP contribution < -0.4 is 10.0 Å². The van der Waals surface area contributed by atoms with Crippen molar-refractivity contribution in [1.82, 2.24) is 4.72 Å². The number of hydrogen-bond acceptors (Lipinski definition) is 5. The second-order valence-electron chi connectivity index (χ2n) is 5.57. The lowest BCUT2D eigenvalue weighted by Crippen LogP contribution is -2.43. The third kappa shape index (κ3) is 3.22. The number of fused-ring (bicyclic) bond motifs is 1. The van der Waals surface area contributed by atoms with Gasteiger partial charge in [0.25, 0.3) is 0 Å². The number of sulfonamides is 1. The smallest absolute Gasteiger partial charge is 0.240 e. The molecular formula is C13H18N2O4S2. The predicted octanol–water partition coefficient (Wildman–Crippen LogP) is 0.510. The standard InChI is InChI=1S/C13H18N2O4S2/c16-20(17)7-1-2-11(9-20)15-21(18,19)12-3-4-13-10(8-12)5-6-14-13/h3-4,8,11,14-15H,1-2,5-7,9H2. The molecule has 2 N–H and O–H groups in total. The molecule has 21 heavy (non-hydrogen) atoms. The van der Waals surface area contributed by atoms with Crippen molar-refractivity contribution in [3.8, 4) is 0 Å². The Kier molecular flexibility index (Phi) is 3.71. The number of benzene rings is 1. The molecule has 1 unspecified atom stereocenters. The van der Waals surface area contributed by atoms with E-state index in [2.05, 4.69) is 10.0 Å². The van der Waals surface area contributed by atoms with Gasteiger partial charge in [0, 0.05) is 18.3 Å². The van der Waals surface area contributed by atoms with E-state index in [1.54, 1.807) is 18.2 Å². The van der Waals surface area contributed by atoms with Gasteiger partial charge < -0.3 is 5.32 Å². The van der Waals surface area contributed by atoms with E-state index >= 15 is 0 Å². The van der Waals surface area contributed by atoms with Gasteiger partial charge in [-0.15, -0.1) is 0 Å². The fourth-order valence-corrected chi connectivity index (χ4v) is 5.91. The summed E-state index contributed by atoms with van der Waals surface area (Å²) in [7, 11) is -6.81. The van der Waals surface area contributed by atoms with Gasteiger partial charge in [-0.25, -0.2) is 21.6 Å². The quantitative estimate of drug-likeness (QED) is 0.842. The summed E-state index contributed by atoms with van der Waals surface area (Å²) >= 11 is 0. The van der Waals surface area contributed by atoms with Gasteiger partial charge >= 0.3 is 0 Å². The normalized spacial score (nSPS) is 24.3. The minimum atomic E-state index is -3.67. The second kappa shape index (κ2) is 5.26. The van der Waals surface area contributed by atoms with Crippen molar-refractivity contribution in [2.75, 3.05) is 23.4 Å². The van der Waals surface area contributed by atoms with Crippen LogP contribution >= 0.6 is 0 Å². The van der Waals surface area contributed by atoms with Crippen LogP contribution in [0, 0.1) is 0 Å². The average molecular weight is 330 g/mol. The van der Waals surface area contributed by atoms with Gasteiger partial charge in [-0.2, -0.15) is 0 Å². The molecule has 1 atom stereocenters. The molecule has 1 fully saturated rings. The highest BCUT2D eigenvalue weighted by Crippen LogP contribution is 2.25. The predicted molar refractivity (Wildman–Crippen MR) is 80.6 cm³/mol. The van der Waals surface area contributed by atoms with Gasteiger partial charge in [0.2, 0.25) is 10.0 Å². The third-order valence-corrected chi connectivity index (χ3v) is 7.22. The van der Waals surface area contributed by atoms with Crippen LogP contribution in [-0.4, -0.2) is 40.9 Å². The van der Waals surface area contributed by atoms with Gasteiger partial charge in [0.1, 0.15) is 0 Å². The minimum Gasteiger partial charge on any atom is -0.384 e. The van der Waals surface area contributed by atoms with Gasteiger partial charge in [0.05, 0.1) is 16.4 Å². The Labute approximate surface area is 124 Å². The Bertz CT molecular complexity index is 756. The molecule has 0 spiro atoms. The minimum absolute atomic E-state index is 0.112. The van der Waals surface area contributed by atoms with Crippen molar-refractivity contribution < 1.29 is 16.8 Å². The second-order valence-corrected chi connectivity index (χ2v) is 9.51. The molecule has 0 saturated carbocycles. The Balaban J connectivity index is 1.81. The number of anilines is 1. The lowest BCUT2D eigenvalue weighted by molar-refractivity contribution is 0.517. The van der Waals surface area contributed by atoms with E-state index in [4.69, 9.17) is 0 Å². The summed E-state index contributed by atoms with van der Waals surface area (Å²) in [5.74, 6) is 0.0362. The molecule has 1 aromatic carbocycles. The van der Waals surface area contributed by atoms with E-state index in [1.807, 2.05) is 0 Å². The highest BCUT2D eigenvalue weighted by Gasteiger charge is 2.29. The summed E-state index contributed by atoms with van der Waals surface area (Å²) in [6.45, 7) is 0.813. The molecule has 0 aromatic heterocycles. The third-order valence-electron chi connectivity index (χ3n) is 3.88. The number of sulfone groups is 1. The molecule has 2 heterocycles. The lowest BCUT2D eigenvalue weighted by Gasteiger charge is -2.23. The van der Waals surface area contributed by atoms with Crippen LogP contribution in [-0.2, 0) is 26.3 Å². The average Bonchev–Trinajstić information content (AvgIpc) is 2.83. The Morgan fingerprint density at radius 2 is 2.10 bits per heavy atom. The van der Waals surface area contributed by atoms with Crippen molar-refractivity contribution in [2.45, 2.75) is 30.2 Å². The molecule has 0 radical (unpaired) electrons. The topological polar surface area (TPSA) is 92.3 Å². The number of rotatable bonds is 3. The van der Waals surface area contributed by atoms with E-state index in [-0.39, 0.29) is 16.4 Å². The SMILES string of the molecule is O=S1(=O)CCCC(NS(=O)(=O)c2ccc3c(c2)CCN3)C1. The maximum absolute atomic E-state index is 12.4. The summed E-state index contributed by atoms with van der Waals surface area (Å²) < 4.78 is 50.5. The maximum atomic E-state index is 12.4. The number of nitrogens with one attached hydrogen (secondary N) is 2. The van der Waals surface area contributed by atoms with Crippen molar-refractivity contribution in [2.24, 2.45) is 0 Å². The molecule has 0 amide bonds. The molecular weight excluding hydrogens is 312 g/mol. The van der Waals surface area contributed by atoms with Crippen LogP contribution in [0.15, 0.2) is 23.1 Å². The molecule has 1 aromatic rings. The summed E-state index contributed by atoms with van der Waals surface area (Å²) in [4.78, 5) is 0.202. The Morgan fingerprint density at radius 3 is 2.86 bits per heavy atom. The molecule has 2 aliphatic heterocycles. The molecule has 1 saturated heterocycles. The largest absolute Gasteiger partial charge is 0.384 e. The van der Waals surface area contributed by atoms with Gasteiger partial charge in [-0.05, 0) is 43.0 Å². The van der Waals surface area contributed by atoms with Crippen molar-refractivity contribution in [1.29, 1.82) is 0 Å². The van der Waals surface area contributed by atoms with Crippen LogP contribution in [0.3, 0.4) is 0 Å². The van der Waals surface area contributed by atoms with Crippen LogP contribution in [0.2, 0.25) is 0 Å². The van der Waals surface area contributed by atoms with Gasteiger partial charge in [-0.3, -0.25) is 0 Å². The van der Waals surface area contributed by atoms with E-state index in [1.165, 1.54) is 0 Å². The molecule has 8 heteroatoms. The molecule has 0 aliphatic carbocycles. The first-order valence-electron chi connectivity index (χ1n) is 6.95. The molecule has 3 rings (SSSR count). The number of hydrogen-bond donors (Lipinski definition) is 2. The van der Waals surface area contributed by atoms with Crippen molar-refractivity contribution in [3.05, 3.63) is 23.8 Å². The van der Waals surface area contributed by atoms with Gasteiger partial charge in [0.15, 0.2) is 9.84 Å². The zero-order valence-electron chi connectivity index (χ0n) is 11.5. The summed E-state index contributed by atoms with van der Waals surface area (Å²) in [5, 5.41) is 3.18. The fourth-order valence-electron chi connectivity index (χ4n) is 2.85. The first-order valence-corrected chi connectivity index (χ1v) is 10.3. The van der Waals surface area contributed by atoms with E-state index in [9.17, 15) is 16.8 Å². The Morgan fingerprint density at radius 1 is 1.29 bits per heavy atom. The summed E-state index contributed by atoms with van der Waals surface area (Å²) in [6.07, 6.45) is 1.87. The van der Waals surface area contributed by atoms with Crippen LogP contribution in [0.25, 0.3) is 0 Å². The molecule has 2 aliphatic rings. The fraction of sp³-hybridized carbons (Fsp3) is 0.538. The lowest BCUT2D eigenvalue weighted by atomic mass is 10.2. The highest BCUT2D eigenvalue weighted by molar-refractivity contribution is 7.91. The molecule has 0 bridgehead atoms. The first-order chi connectivity index (χ1) is 9.86.